The maximum atomic E-state index is 11.5. The van der Waals surface area contributed by atoms with Crippen molar-refractivity contribution >= 4 is 18.7 Å². The molecule has 0 saturated carbocycles. The number of hydrogen-bond donors (Lipinski definition) is 0. The SMILES string of the molecule is C=C(C)C(=O)OCCOc1ccc(C(C)(C)c2ccc(COC(=O)C(=C)C)cc2)cc1.C=O. The quantitative estimate of drug-likeness (QED) is 0.288. The summed E-state index contributed by atoms with van der Waals surface area (Å²) in [5.41, 5.74) is 3.73. The zero-order valence-corrected chi connectivity index (χ0v) is 19.8. The number of benzene rings is 2. The van der Waals surface area contributed by atoms with Gasteiger partial charge < -0.3 is 19.0 Å². The Morgan fingerprint density at radius 2 is 1.21 bits per heavy atom. The van der Waals surface area contributed by atoms with Gasteiger partial charge in [0.25, 0.3) is 0 Å². The molecule has 0 spiro atoms. The predicted octanol–water partition coefficient (Wildman–Crippen LogP) is 4.95. The van der Waals surface area contributed by atoms with E-state index in [4.69, 9.17) is 19.0 Å². The molecule has 6 nitrogen and oxygen atoms in total. The molecular formula is C27H32O6. The second-order valence-electron chi connectivity index (χ2n) is 7.97. The summed E-state index contributed by atoms with van der Waals surface area (Å²) in [7, 11) is 0. The van der Waals surface area contributed by atoms with Crippen molar-refractivity contribution < 1.29 is 28.6 Å². The second-order valence-corrected chi connectivity index (χ2v) is 7.97. The maximum absolute atomic E-state index is 11.5. The first-order chi connectivity index (χ1) is 15.6. The van der Waals surface area contributed by atoms with E-state index in [2.05, 4.69) is 27.0 Å². The first kappa shape index (κ1) is 27.4. The lowest BCUT2D eigenvalue weighted by molar-refractivity contribution is -0.140. The Morgan fingerprint density at radius 1 is 0.758 bits per heavy atom. The van der Waals surface area contributed by atoms with Crippen LogP contribution in [0.4, 0.5) is 0 Å². The molecule has 2 aromatic carbocycles. The van der Waals surface area contributed by atoms with Gasteiger partial charge in [-0.15, -0.1) is 0 Å². The molecule has 0 aliphatic heterocycles. The van der Waals surface area contributed by atoms with E-state index in [0.29, 0.717) is 16.9 Å². The van der Waals surface area contributed by atoms with Crippen molar-refractivity contribution in [1.82, 2.24) is 0 Å². The fourth-order valence-corrected chi connectivity index (χ4v) is 2.84. The highest BCUT2D eigenvalue weighted by Gasteiger charge is 2.23. The summed E-state index contributed by atoms with van der Waals surface area (Å²) in [6, 6.07) is 15.9. The van der Waals surface area contributed by atoms with E-state index in [0.717, 1.165) is 16.7 Å². The molecule has 33 heavy (non-hydrogen) atoms. The molecule has 0 N–H and O–H groups in total. The molecule has 6 heteroatoms. The van der Waals surface area contributed by atoms with Crippen LogP contribution in [0.2, 0.25) is 0 Å². The number of esters is 2. The van der Waals surface area contributed by atoms with E-state index in [1.807, 2.05) is 55.3 Å². The molecule has 176 valence electrons. The van der Waals surface area contributed by atoms with Crippen LogP contribution in [0.25, 0.3) is 0 Å². The van der Waals surface area contributed by atoms with Gasteiger partial charge in [-0.3, -0.25) is 0 Å². The second kappa shape index (κ2) is 13.0. The predicted molar refractivity (Wildman–Crippen MR) is 128 cm³/mol. The number of carbonyl (C=O) groups is 3. The molecule has 0 amide bonds. The van der Waals surface area contributed by atoms with Crippen LogP contribution in [0, 0.1) is 0 Å². The standard InChI is InChI=1S/C26H30O5.CH2O/c1-18(2)24(27)30-16-15-29-23-13-11-22(12-14-23)26(5,6)21-9-7-20(8-10-21)17-31-25(28)19(3)4;1-2/h7-14H,1,3,15-17H2,2,4-6H3;1H2. The normalized spacial score (nSPS) is 10.3. The molecule has 0 heterocycles. The third-order valence-electron chi connectivity index (χ3n) is 4.90. The largest absolute Gasteiger partial charge is 0.490 e. The lowest BCUT2D eigenvalue weighted by atomic mass is 9.78. The van der Waals surface area contributed by atoms with Crippen LogP contribution in [0.15, 0.2) is 72.8 Å². The average molecular weight is 453 g/mol. The smallest absolute Gasteiger partial charge is 0.333 e. The first-order valence-electron chi connectivity index (χ1n) is 10.4. The Labute approximate surface area is 195 Å². The van der Waals surface area contributed by atoms with Gasteiger partial charge in [0.2, 0.25) is 0 Å². The van der Waals surface area contributed by atoms with Crippen LogP contribution < -0.4 is 4.74 Å². The minimum absolute atomic E-state index is 0.174. The Kier molecular flexibility index (Phi) is 10.8. The van der Waals surface area contributed by atoms with Crippen LogP contribution in [0.3, 0.4) is 0 Å². The fraction of sp³-hybridized carbons (Fsp3) is 0.296. The summed E-state index contributed by atoms with van der Waals surface area (Å²) < 4.78 is 15.8. The fourth-order valence-electron chi connectivity index (χ4n) is 2.84. The summed E-state index contributed by atoms with van der Waals surface area (Å²) in [6.45, 7) is 17.3. The molecule has 0 atom stereocenters. The lowest BCUT2D eigenvalue weighted by Crippen LogP contribution is -2.19. The van der Waals surface area contributed by atoms with Crippen LogP contribution >= 0.6 is 0 Å². The molecule has 0 fully saturated rings. The molecule has 0 bridgehead atoms. The van der Waals surface area contributed by atoms with Crippen LogP contribution in [-0.4, -0.2) is 31.9 Å². The van der Waals surface area contributed by atoms with Gasteiger partial charge in [0.1, 0.15) is 32.4 Å². The number of hydrogen-bond acceptors (Lipinski definition) is 6. The van der Waals surface area contributed by atoms with Crippen LogP contribution in [-0.2, 0) is 35.9 Å². The van der Waals surface area contributed by atoms with Gasteiger partial charge in [-0.1, -0.05) is 63.4 Å². The number of ether oxygens (including phenoxy) is 3. The maximum Gasteiger partial charge on any atom is 0.333 e. The van der Waals surface area contributed by atoms with Crippen molar-refractivity contribution in [3.8, 4) is 5.75 Å². The van der Waals surface area contributed by atoms with Gasteiger partial charge in [-0.2, -0.15) is 0 Å². The Bertz CT molecular complexity index is 955. The third-order valence-corrected chi connectivity index (χ3v) is 4.90. The minimum Gasteiger partial charge on any atom is -0.490 e. The summed E-state index contributed by atoms with van der Waals surface area (Å²) in [5, 5.41) is 0. The molecule has 0 aromatic heterocycles. The highest BCUT2D eigenvalue weighted by atomic mass is 16.6. The zero-order chi connectivity index (χ0) is 25.0. The molecule has 0 unspecified atom stereocenters. The van der Waals surface area contributed by atoms with Crippen LogP contribution in [0.5, 0.6) is 5.75 Å². The van der Waals surface area contributed by atoms with Gasteiger partial charge >= 0.3 is 11.9 Å². The van der Waals surface area contributed by atoms with Crippen molar-refractivity contribution in [3.63, 3.8) is 0 Å². The Morgan fingerprint density at radius 3 is 1.70 bits per heavy atom. The van der Waals surface area contributed by atoms with Crippen molar-refractivity contribution in [2.75, 3.05) is 13.2 Å². The zero-order valence-electron chi connectivity index (χ0n) is 19.8. The van der Waals surface area contributed by atoms with Crippen molar-refractivity contribution in [2.24, 2.45) is 0 Å². The van der Waals surface area contributed by atoms with Gasteiger partial charge in [-0.05, 0) is 42.7 Å². The van der Waals surface area contributed by atoms with E-state index in [1.165, 1.54) is 0 Å². The molecule has 0 saturated heterocycles. The summed E-state index contributed by atoms with van der Waals surface area (Å²) in [5.74, 6) is -0.0954. The molecule has 0 aliphatic rings. The average Bonchev–Trinajstić information content (AvgIpc) is 2.81. The molecule has 2 aromatic rings. The Balaban J connectivity index is 0.00000265. The summed E-state index contributed by atoms with van der Waals surface area (Å²) in [4.78, 5) is 30.9. The number of carbonyl (C=O) groups excluding carboxylic acids is 3. The van der Waals surface area contributed by atoms with E-state index in [1.54, 1.807) is 13.8 Å². The van der Waals surface area contributed by atoms with Gasteiger partial charge in [0.15, 0.2) is 0 Å². The van der Waals surface area contributed by atoms with E-state index < -0.39 is 5.97 Å². The van der Waals surface area contributed by atoms with E-state index in [9.17, 15) is 9.59 Å². The molecule has 0 radical (unpaired) electrons. The molecule has 0 aliphatic carbocycles. The molecule has 2 rings (SSSR count). The molecular weight excluding hydrogens is 420 g/mol. The number of rotatable bonds is 10. The summed E-state index contributed by atoms with van der Waals surface area (Å²) in [6.07, 6.45) is 0. The van der Waals surface area contributed by atoms with E-state index in [-0.39, 0.29) is 31.2 Å². The minimum atomic E-state index is -0.416. The first-order valence-corrected chi connectivity index (χ1v) is 10.4. The monoisotopic (exact) mass is 452 g/mol. The van der Waals surface area contributed by atoms with Gasteiger partial charge in [0, 0.05) is 16.6 Å². The Hall–Kier alpha value is -3.67. The highest BCUT2D eigenvalue weighted by molar-refractivity contribution is 5.87. The van der Waals surface area contributed by atoms with Gasteiger partial charge in [-0.25, -0.2) is 9.59 Å². The van der Waals surface area contributed by atoms with Gasteiger partial charge in [0.05, 0.1) is 0 Å². The van der Waals surface area contributed by atoms with Crippen molar-refractivity contribution in [2.45, 2.75) is 39.7 Å². The van der Waals surface area contributed by atoms with E-state index >= 15 is 0 Å². The highest BCUT2D eigenvalue weighted by Crippen LogP contribution is 2.32. The lowest BCUT2D eigenvalue weighted by Gasteiger charge is -2.26. The van der Waals surface area contributed by atoms with Crippen LogP contribution in [0.1, 0.15) is 44.4 Å². The van der Waals surface area contributed by atoms with Crippen molar-refractivity contribution in [3.05, 3.63) is 89.5 Å². The third kappa shape index (κ3) is 8.41. The summed E-state index contributed by atoms with van der Waals surface area (Å²) >= 11 is 0. The topological polar surface area (TPSA) is 78.9 Å². The van der Waals surface area contributed by atoms with Crippen molar-refractivity contribution in [1.29, 1.82) is 0 Å².